The predicted octanol–water partition coefficient (Wildman–Crippen LogP) is 5.63. The molecule has 2 amide bonds. The molecule has 0 spiro atoms. The molecule has 1 atom stereocenters. The van der Waals surface area contributed by atoms with Gasteiger partial charge >= 0.3 is 0 Å². The number of rotatable bonds is 10. The minimum Gasteiger partial charge on any atom is -0.354 e. The number of hydrogen-bond acceptors (Lipinski definition) is 4. The van der Waals surface area contributed by atoms with Crippen molar-refractivity contribution in [3.8, 4) is 0 Å². The van der Waals surface area contributed by atoms with Crippen LogP contribution >= 0.6 is 23.2 Å². The molecule has 0 aromatic heterocycles. The van der Waals surface area contributed by atoms with Crippen molar-refractivity contribution in [2.45, 2.75) is 51.1 Å². The van der Waals surface area contributed by atoms with Crippen molar-refractivity contribution in [3.63, 3.8) is 0 Å². The van der Waals surface area contributed by atoms with E-state index < -0.39 is 16.1 Å². The number of amides is 2. The second kappa shape index (κ2) is 11.5. The minimum absolute atomic E-state index is 0.0439. The van der Waals surface area contributed by atoms with Crippen molar-refractivity contribution >= 4 is 61.5 Å². The quantitative estimate of drug-likeness (QED) is 0.339. The van der Waals surface area contributed by atoms with Crippen LogP contribution in [0.25, 0.3) is 10.8 Å². The fourth-order valence-corrected chi connectivity index (χ4v) is 6.87. The number of sulfonamides is 1. The maximum absolute atomic E-state index is 13.5. The highest BCUT2D eigenvalue weighted by Gasteiger charge is 2.35. The standard InChI is InChI=1S/C28H31Cl2N3O4S/c1-18(2)16-31-28(35)19(3)32(17-21-22(29)10-6-11-23(21)30)26(34)14-7-15-33-24-12-4-8-20-9-5-13-25(27(20)24)38(33,36)37/h4-6,8-13,18-19H,7,14-17H2,1-3H3,(H,31,35)/t19-/m0/s1. The summed E-state index contributed by atoms with van der Waals surface area (Å²) in [6.07, 6.45) is 0.317. The molecular weight excluding hydrogens is 545 g/mol. The van der Waals surface area contributed by atoms with Crippen LogP contribution in [-0.4, -0.2) is 44.3 Å². The lowest BCUT2D eigenvalue weighted by atomic mass is 10.1. The second-order valence-corrected chi connectivity index (χ2v) is 12.5. The van der Waals surface area contributed by atoms with E-state index in [1.165, 1.54) is 9.21 Å². The average molecular weight is 577 g/mol. The highest BCUT2D eigenvalue weighted by Crippen LogP contribution is 2.42. The van der Waals surface area contributed by atoms with Gasteiger partial charge in [0.2, 0.25) is 11.8 Å². The normalized spacial score (nSPS) is 14.6. The van der Waals surface area contributed by atoms with Gasteiger partial charge in [0.25, 0.3) is 10.0 Å². The molecule has 7 nitrogen and oxygen atoms in total. The van der Waals surface area contributed by atoms with E-state index in [1.807, 2.05) is 32.0 Å². The molecule has 3 aromatic carbocycles. The summed E-state index contributed by atoms with van der Waals surface area (Å²) < 4.78 is 27.9. The molecular formula is C28H31Cl2N3O4S. The number of hydrogen-bond donors (Lipinski definition) is 1. The summed E-state index contributed by atoms with van der Waals surface area (Å²) in [6.45, 7) is 6.32. The predicted molar refractivity (Wildman–Crippen MR) is 152 cm³/mol. The Balaban J connectivity index is 1.52. The molecule has 1 N–H and O–H groups in total. The highest BCUT2D eigenvalue weighted by molar-refractivity contribution is 7.93. The lowest BCUT2D eigenvalue weighted by Gasteiger charge is -2.30. The van der Waals surface area contributed by atoms with E-state index in [0.29, 0.717) is 33.2 Å². The lowest BCUT2D eigenvalue weighted by Crippen LogP contribution is -2.48. The number of nitrogens with zero attached hydrogens (tertiary/aromatic N) is 2. The van der Waals surface area contributed by atoms with Crippen LogP contribution in [0.3, 0.4) is 0 Å². The van der Waals surface area contributed by atoms with Crippen LogP contribution in [-0.2, 0) is 26.2 Å². The van der Waals surface area contributed by atoms with E-state index in [9.17, 15) is 18.0 Å². The van der Waals surface area contributed by atoms with Crippen LogP contribution in [0.5, 0.6) is 0 Å². The molecule has 1 aliphatic rings. The van der Waals surface area contributed by atoms with Crippen LogP contribution in [0.15, 0.2) is 59.5 Å². The number of nitrogens with one attached hydrogen (secondary N) is 1. The van der Waals surface area contributed by atoms with Crippen molar-refractivity contribution in [2.24, 2.45) is 5.92 Å². The van der Waals surface area contributed by atoms with Gasteiger partial charge in [-0.05, 0) is 48.9 Å². The Hall–Kier alpha value is -2.81. The van der Waals surface area contributed by atoms with E-state index >= 15 is 0 Å². The first-order chi connectivity index (χ1) is 18.0. The maximum Gasteiger partial charge on any atom is 0.265 e. The third-order valence-electron chi connectivity index (χ3n) is 6.68. The Kier molecular flexibility index (Phi) is 8.55. The third-order valence-corrected chi connectivity index (χ3v) is 9.24. The molecule has 38 heavy (non-hydrogen) atoms. The van der Waals surface area contributed by atoms with Crippen molar-refractivity contribution in [3.05, 3.63) is 70.2 Å². The summed E-state index contributed by atoms with van der Waals surface area (Å²) in [5, 5.41) is 5.24. The van der Waals surface area contributed by atoms with E-state index in [-0.39, 0.29) is 48.6 Å². The smallest absolute Gasteiger partial charge is 0.265 e. The summed E-state index contributed by atoms with van der Waals surface area (Å²) in [7, 11) is -3.71. The summed E-state index contributed by atoms with van der Waals surface area (Å²) >= 11 is 12.7. The number of carbonyl (C=O) groups excluding carboxylic acids is 2. The van der Waals surface area contributed by atoms with E-state index in [1.54, 1.807) is 43.3 Å². The summed E-state index contributed by atoms with van der Waals surface area (Å²) in [5.74, 6) is -0.315. The highest BCUT2D eigenvalue weighted by atomic mass is 35.5. The lowest BCUT2D eigenvalue weighted by molar-refractivity contribution is -0.140. The molecule has 202 valence electrons. The summed E-state index contributed by atoms with van der Waals surface area (Å²) in [5.41, 5.74) is 1.17. The molecule has 0 radical (unpaired) electrons. The van der Waals surface area contributed by atoms with E-state index in [0.717, 1.165) is 5.39 Å². The molecule has 0 bridgehead atoms. The monoisotopic (exact) mass is 575 g/mol. The molecule has 3 aromatic rings. The molecule has 1 aliphatic heterocycles. The van der Waals surface area contributed by atoms with E-state index in [4.69, 9.17) is 23.2 Å². The fraction of sp³-hybridized carbons (Fsp3) is 0.357. The summed E-state index contributed by atoms with van der Waals surface area (Å²) in [4.78, 5) is 28.1. The van der Waals surface area contributed by atoms with Crippen molar-refractivity contribution in [1.82, 2.24) is 10.2 Å². The van der Waals surface area contributed by atoms with Crippen LogP contribution in [0, 0.1) is 5.92 Å². The summed E-state index contributed by atoms with van der Waals surface area (Å²) in [6, 6.07) is 15.0. The van der Waals surface area contributed by atoms with Crippen LogP contribution in [0.1, 0.15) is 39.2 Å². The average Bonchev–Trinajstić information content (AvgIpc) is 3.09. The maximum atomic E-state index is 13.5. The molecule has 10 heteroatoms. The first kappa shape index (κ1) is 28.2. The van der Waals surface area contributed by atoms with Gasteiger partial charge in [-0.15, -0.1) is 0 Å². The van der Waals surface area contributed by atoms with Crippen LogP contribution < -0.4 is 9.62 Å². The van der Waals surface area contributed by atoms with Gasteiger partial charge in [-0.25, -0.2) is 8.42 Å². The van der Waals surface area contributed by atoms with Gasteiger partial charge in [0.15, 0.2) is 0 Å². The molecule has 0 aliphatic carbocycles. The van der Waals surface area contributed by atoms with Gasteiger partial charge in [0.1, 0.15) is 6.04 Å². The van der Waals surface area contributed by atoms with Gasteiger partial charge < -0.3 is 10.2 Å². The zero-order valence-electron chi connectivity index (χ0n) is 21.6. The Morgan fingerprint density at radius 3 is 2.26 bits per heavy atom. The SMILES string of the molecule is CC(C)CNC(=O)[C@H](C)N(Cc1c(Cl)cccc1Cl)C(=O)CCCN1c2cccc3cccc(c23)S1(=O)=O. The Morgan fingerprint density at radius 2 is 1.61 bits per heavy atom. The van der Waals surface area contributed by atoms with Crippen molar-refractivity contribution in [1.29, 1.82) is 0 Å². The molecule has 0 fully saturated rings. The third kappa shape index (κ3) is 5.63. The molecule has 4 rings (SSSR count). The second-order valence-electron chi connectivity index (χ2n) is 9.85. The zero-order valence-corrected chi connectivity index (χ0v) is 23.9. The largest absolute Gasteiger partial charge is 0.354 e. The van der Waals surface area contributed by atoms with E-state index in [2.05, 4.69) is 5.32 Å². The number of carbonyl (C=O) groups is 2. The van der Waals surface area contributed by atoms with Gasteiger partial charge in [-0.3, -0.25) is 13.9 Å². The van der Waals surface area contributed by atoms with Crippen LogP contribution in [0.2, 0.25) is 10.0 Å². The topological polar surface area (TPSA) is 86.8 Å². The molecule has 0 saturated heterocycles. The molecule has 0 saturated carbocycles. The van der Waals surface area contributed by atoms with Crippen LogP contribution in [0.4, 0.5) is 5.69 Å². The zero-order chi connectivity index (χ0) is 27.6. The first-order valence-electron chi connectivity index (χ1n) is 12.6. The number of benzene rings is 3. The fourth-order valence-electron chi connectivity index (χ4n) is 4.61. The Bertz CT molecular complexity index is 1450. The Labute approximate surface area is 233 Å². The molecule has 1 heterocycles. The minimum atomic E-state index is -3.71. The van der Waals surface area contributed by atoms with Gasteiger partial charge in [-0.1, -0.05) is 67.4 Å². The van der Waals surface area contributed by atoms with Gasteiger partial charge in [0, 0.05) is 47.1 Å². The number of anilines is 1. The van der Waals surface area contributed by atoms with Gasteiger partial charge in [-0.2, -0.15) is 0 Å². The molecule has 0 unspecified atom stereocenters. The first-order valence-corrected chi connectivity index (χ1v) is 14.8. The van der Waals surface area contributed by atoms with Crippen molar-refractivity contribution < 1.29 is 18.0 Å². The van der Waals surface area contributed by atoms with Crippen molar-refractivity contribution in [2.75, 3.05) is 17.4 Å². The number of halogens is 2. The van der Waals surface area contributed by atoms with Gasteiger partial charge in [0.05, 0.1) is 10.6 Å². The Morgan fingerprint density at radius 1 is 0.974 bits per heavy atom.